The van der Waals surface area contributed by atoms with E-state index in [1.54, 1.807) is 22.7 Å². The molecule has 0 bridgehead atoms. The summed E-state index contributed by atoms with van der Waals surface area (Å²) in [6, 6.07) is 2.51. The minimum absolute atomic E-state index is 0.0793. The van der Waals surface area contributed by atoms with Crippen LogP contribution in [0.25, 0.3) is 4.96 Å². The van der Waals surface area contributed by atoms with Gasteiger partial charge in [0.25, 0.3) is 5.91 Å². The first-order valence-corrected chi connectivity index (χ1v) is 10.5. The minimum atomic E-state index is 0.0793. The molecule has 3 aromatic heterocycles. The van der Waals surface area contributed by atoms with Gasteiger partial charge in [-0.15, -0.1) is 11.3 Å². The summed E-state index contributed by atoms with van der Waals surface area (Å²) in [5, 5.41) is 9.89. The van der Waals surface area contributed by atoms with Gasteiger partial charge in [0.1, 0.15) is 0 Å². The number of hydrogen-bond acceptors (Lipinski definition) is 5. The number of hydrogen-bond donors (Lipinski definition) is 1. The van der Waals surface area contributed by atoms with Gasteiger partial charge in [0.15, 0.2) is 10.7 Å². The van der Waals surface area contributed by atoms with Crippen LogP contribution >= 0.6 is 22.7 Å². The van der Waals surface area contributed by atoms with Crippen molar-refractivity contribution in [1.29, 1.82) is 0 Å². The fourth-order valence-electron chi connectivity index (χ4n) is 3.35. The molecule has 1 amide bonds. The smallest absolute Gasteiger partial charge is 0.274 e. The minimum Gasteiger partial charge on any atom is -0.337 e. The Morgan fingerprint density at radius 1 is 1.36 bits per heavy atom. The van der Waals surface area contributed by atoms with Gasteiger partial charge in [-0.25, -0.2) is 4.98 Å². The van der Waals surface area contributed by atoms with Crippen LogP contribution in [0.3, 0.4) is 0 Å². The van der Waals surface area contributed by atoms with Crippen LogP contribution in [0.5, 0.6) is 0 Å². The van der Waals surface area contributed by atoms with Crippen LogP contribution in [-0.4, -0.2) is 39.3 Å². The van der Waals surface area contributed by atoms with Crippen LogP contribution in [0.15, 0.2) is 28.4 Å². The standard InChI is InChI=1S/C18H22N4OS2/c1-13(10-14-4-8-24-12-14)19-11-15-16(17(23)21-5-2-3-6-21)20-18-22(15)7-9-25-18/h4,7-9,12-13,19H,2-3,5-6,10-11H2,1H3/t13-/m0/s1. The molecule has 1 N–H and O–H groups in total. The van der Waals surface area contributed by atoms with Crippen LogP contribution in [0.2, 0.25) is 0 Å². The van der Waals surface area contributed by atoms with Crippen LogP contribution in [0.4, 0.5) is 0 Å². The zero-order valence-corrected chi connectivity index (χ0v) is 15.9. The molecule has 4 rings (SSSR count). The molecule has 0 spiro atoms. The molecule has 0 saturated carbocycles. The number of rotatable bonds is 6. The lowest BCUT2D eigenvalue weighted by molar-refractivity contribution is 0.0786. The van der Waals surface area contributed by atoms with Gasteiger partial charge in [-0.3, -0.25) is 9.20 Å². The van der Waals surface area contributed by atoms with Gasteiger partial charge >= 0.3 is 0 Å². The molecule has 7 heteroatoms. The summed E-state index contributed by atoms with van der Waals surface area (Å²) in [4.78, 5) is 20.3. The lowest BCUT2D eigenvalue weighted by atomic mass is 10.1. The molecule has 0 radical (unpaired) electrons. The van der Waals surface area contributed by atoms with Gasteiger partial charge in [0.05, 0.1) is 5.69 Å². The highest BCUT2D eigenvalue weighted by atomic mass is 32.1. The highest BCUT2D eigenvalue weighted by Gasteiger charge is 2.26. The summed E-state index contributed by atoms with van der Waals surface area (Å²) >= 11 is 3.31. The molecule has 25 heavy (non-hydrogen) atoms. The molecule has 0 unspecified atom stereocenters. The molecule has 1 atom stereocenters. The number of nitrogens with one attached hydrogen (secondary N) is 1. The number of aromatic nitrogens is 2. The van der Waals surface area contributed by atoms with Crippen LogP contribution in [-0.2, 0) is 13.0 Å². The van der Waals surface area contributed by atoms with E-state index in [-0.39, 0.29) is 5.91 Å². The second-order valence-electron chi connectivity index (χ2n) is 6.58. The van der Waals surface area contributed by atoms with Gasteiger partial charge in [0, 0.05) is 37.3 Å². The monoisotopic (exact) mass is 374 g/mol. The average molecular weight is 375 g/mol. The first kappa shape index (κ1) is 16.8. The van der Waals surface area contributed by atoms with E-state index in [1.165, 1.54) is 5.56 Å². The van der Waals surface area contributed by atoms with Gasteiger partial charge in [-0.05, 0) is 48.6 Å². The summed E-state index contributed by atoms with van der Waals surface area (Å²) in [6.45, 7) is 4.54. The molecule has 5 nitrogen and oxygen atoms in total. The Hall–Kier alpha value is -1.70. The molecular weight excluding hydrogens is 352 g/mol. The van der Waals surface area contributed by atoms with Crippen molar-refractivity contribution in [1.82, 2.24) is 19.6 Å². The number of thiazole rings is 1. The Morgan fingerprint density at radius 3 is 2.96 bits per heavy atom. The van der Waals surface area contributed by atoms with Crippen molar-refractivity contribution in [2.45, 2.75) is 38.8 Å². The van der Waals surface area contributed by atoms with E-state index in [0.29, 0.717) is 18.3 Å². The SMILES string of the molecule is C[C@@H](Cc1ccsc1)NCc1c(C(=O)N2CCCC2)nc2sccn12. The van der Waals surface area contributed by atoms with Crippen LogP contribution in [0.1, 0.15) is 41.5 Å². The summed E-state index contributed by atoms with van der Waals surface area (Å²) in [5.74, 6) is 0.0793. The van der Waals surface area contributed by atoms with E-state index in [2.05, 4.69) is 38.5 Å². The maximum atomic E-state index is 12.9. The number of nitrogens with zero attached hydrogens (tertiary/aromatic N) is 3. The molecule has 0 aromatic carbocycles. The lowest BCUT2D eigenvalue weighted by Crippen LogP contribution is -2.31. The lowest BCUT2D eigenvalue weighted by Gasteiger charge is -2.16. The zero-order chi connectivity index (χ0) is 17.2. The first-order chi connectivity index (χ1) is 12.2. The first-order valence-electron chi connectivity index (χ1n) is 8.70. The predicted molar refractivity (Wildman–Crippen MR) is 103 cm³/mol. The molecule has 1 aliphatic heterocycles. The van der Waals surface area contributed by atoms with Crippen molar-refractivity contribution in [3.8, 4) is 0 Å². The Labute approximate surface area is 155 Å². The quantitative estimate of drug-likeness (QED) is 0.719. The molecular formula is C18H22N4OS2. The number of likely N-dealkylation sites (tertiary alicyclic amines) is 1. The van der Waals surface area contributed by atoms with E-state index >= 15 is 0 Å². The van der Waals surface area contributed by atoms with Crippen molar-refractivity contribution in [2.24, 2.45) is 0 Å². The average Bonchev–Trinajstić information content (AvgIpc) is 3.35. The van der Waals surface area contributed by atoms with E-state index < -0.39 is 0 Å². The van der Waals surface area contributed by atoms with Gasteiger partial charge in [-0.2, -0.15) is 11.3 Å². The second-order valence-corrected chi connectivity index (χ2v) is 8.23. The largest absolute Gasteiger partial charge is 0.337 e. The third-order valence-corrected chi connectivity index (χ3v) is 6.19. The number of imidazole rings is 1. The number of thiophene rings is 1. The highest BCUT2D eigenvalue weighted by molar-refractivity contribution is 7.15. The fraction of sp³-hybridized carbons (Fsp3) is 0.444. The van der Waals surface area contributed by atoms with Crippen molar-refractivity contribution < 1.29 is 4.79 Å². The number of carbonyl (C=O) groups excluding carboxylic acids is 1. The third kappa shape index (κ3) is 3.49. The topological polar surface area (TPSA) is 49.6 Å². The Bertz CT molecular complexity index is 846. The number of fused-ring (bicyclic) bond motifs is 1. The van der Waals surface area contributed by atoms with Gasteiger partial charge in [-0.1, -0.05) is 0 Å². The summed E-state index contributed by atoms with van der Waals surface area (Å²) in [6.07, 6.45) is 5.19. The van der Waals surface area contributed by atoms with E-state index in [0.717, 1.165) is 43.0 Å². The number of carbonyl (C=O) groups is 1. The Morgan fingerprint density at radius 2 is 2.20 bits per heavy atom. The van der Waals surface area contributed by atoms with Crippen molar-refractivity contribution >= 4 is 33.5 Å². The highest BCUT2D eigenvalue weighted by Crippen LogP contribution is 2.21. The summed E-state index contributed by atoms with van der Waals surface area (Å²) in [5.41, 5.74) is 2.95. The summed E-state index contributed by atoms with van der Waals surface area (Å²) < 4.78 is 2.05. The Kier molecular flexibility index (Phi) is 4.87. The molecule has 1 saturated heterocycles. The maximum Gasteiger partial charge on any atom is 0.274 e. The fourth-order valence-corrected chi connectivity index (χ4v) is 4.76. The van der Waals surface area contributed by atoms with Crippen LogP contribution in [0, 0.1) is 0 Å². The zero-order valence-electron chi connectivity index (χ0n) is 14.3. The molecule has 1 aliphatic rings. The molecule has 0 aliphatic carbocycles. The third-order valence-electron chi connectivity index (χ3n) is 4.70. The van der Waals surface area contributed by atoms with Crippen molar-refractivity contribution in [3.63, 3.8) is 0 Å². The maximum absolute atomic E-state index is 12.9. The molecule has 4 heterocycles. The van der Waals surface area contributed by atoms with E-state index in [1.807, 2.05) is 16.5 Å². The predicted octanol–water partition coefficient (Wildman–Crippen LogP) is 3.41. The molecule has 1 fully saturated rings. The molecule has 132 valence electrons. The van der Waals surface area contributed by atoms with Gasteiger partial charge < -0.3 is 10.2 Å². The Balaban J connectivity index is 1.52. The van der Waals surface area contributed by atoms with Crippen molar-refractivity contribution in [2.75, 3.05) is 13.1 Å². The summed E-state index contributed by atoms with van der Waals surface area (Å²) in [7, 11) is 0. The normalized spacial score (nSPS) is 16.0. The van der Waals surface area contributed by atoms with Gasteiger partial charge in [0.2, 0.25) is 0 Å². The molecule has 3 aromatic rings. The second kappa shape index (κ2) is 7.27. The van der Waals surface area contributed by atoms with E-state index in [9.17, 15) is 4.79 Å². The van der Waals surface area contributed by atoms with Crippen LogP contribution < -0.4 is 5.32 Å². The number of amides is 1. The van der Waals surface area contributed by atoms with Crippen molar-refractivity contribution in [3.05, 3.63) is 45.4 Å². The van der Waals surface area contributed by atoms with E-state index in [4.69, 9.17) is 0 Å².